The van der Waals surface area contributed by atoms with Crippen LogP contribution < -0.4 is 10.1 Å². The Morgan fingerprint density at radius 2 is 2.12 bits per heavy atom. The molecule has 1 aromatic rings. The summed E-state index contributed by atoms with van der Waals surface area (Å²) in [6, 6.07) is 3.76. The van der Waals surface area contributed by atoms with Crippen molar-refractivity contribution in [3.8, 4) is 5.75 Å². The average molecular weight is 310 g/mol. The molecule has 1 fully saturated rings. The van der Waals surface area contributed by atoms with E-state index in [1.165, 1.54) is 12.1 Å². The van der Waals surface area contributed by atoms with Gasteiger partial charge >= 0.3 is 6.18 Å². The Bertz CT molecular complexity index is 402. The highest BCUT2D eigenvalue weighted by Crippen LogP contribution is 2.38. The third-order valence-corrected chi connectivity index (χ3v) is 3.05. The monoisotopic (exact) mass is 309 g/mol. The van der Waals surface area contributed by atoms with Crippen LogP contribution >= 0.6 is 15.9 Å². The van der Waals surface area contributed by atoms with Crippen molar-refractivity contribution in [3.05, 3.63) is 28.2 Å². The Morgan fingerprint density at radius 3 is 2.71 bits per heavy atom. The standard InChI is InChI=1S/C11H11BrF3NO/c12-7-1-2-9(11(13,14)15)10(5-7)17-8-3-4-16-6-8/h1-2,5,8,16H,3-4,6H2. The van der Waals surface area contributed by atoms with E-state index in [0.29, 0.717) is 11.0 Å². The molecular formula is C11H11BrF3NO. The van der Waals surface area contributed by atoms with E-state index >= 15 is 0 Å². The summed E-state index contributed by atoms with van der Waals surface area (Å²) in [5, 5.41) is 3.05. The smallest absolute Gasteiger partial charge is 0.419 e. The summed E-state index contributed by atoms with van der Waals surface area (Å²) in [4.78, 5) is 0. The Hall–Kier alpha value is -0.750. The van der Waals surface area contributed by atoms with Crippen molar-refractivity contribution in [1.29, 1.82) is 0 Å². The molecule has 2 rings (SSSR count). The molecule has 1 saturated heterocycles. The van der Waals surface area contributed by atoms with Crippen molar-refractivity contribution in [3.63, 3.8) is 0 Å². The molecule has 1 aliphatic rings. The molecule has 1 N–H and O–H groups in total. The molecule has 17 heavy (non-hydrogen) atoms. The van der Waals surface area contributed by atoms with Crippen LogP contribution in [0.3, 0.4) is 0 Å². The second-order valence-corrected chi connectivity index (χ2v) is 4.79. The first-order valence-corrected chi connectivity index (χ1v) is 6.00. The van der Waals surface area contributed by atoms with Gasteiger partial charge in [-0.05, 0) is 31.2 Å². The summed E-state index contributed by atoms with van der Waals surface area (Å²) in [6.07, 6.45) is -3.85. The first-order valence-electron chi connectivity index (χ1n) is 5.21. The molecule has 0 bridgehead atoms. The van der Waals surface area contributed by atoms with Gasteiger partial charge in [0.05, 0.1) is 5.56 Å². The molecule has 6 heteroatoms. The van der Waals surface area contributed by atoms with Gasteiger partial charge < -0.3 is 10.1 Å². The lowest BCUT2D eigenvalue weighted by molar-refractivity contribution is -0.139. The first-order chi connectivity index (χ1) is 7.97. The highest BCUT2D eigenvalue weighted by atomic mass is 79.9. The molecule has 0 spiro atoms. The van der Waals surface area contributed by atoms with Crippen molar-refractivity contribution in [2.24, 2.45) is 0 Å². The highest BCUT2D eigenvalue weighted by Gasteiger charge is 2.35. The zero-order valence-electron chi connectivity index (χ0n) is 8.85. The summed E-state index contributed by atoms with van der Waals surface area (Å²) in [5.74, 6) is -0.111. The molecule has 1 atom stereocenters. The number of nitrogens with one attached hydrogen (secondary N) is 1. The van der Waals surface area contributed by atoms with Crippen LogP contribution in [0, 0.1) is 0 Å². The van der Waals surface area contributed by atoms with Crippen LogP contribution in [-0.4, -0.2) is 19.2 Å². The van der Waals surface area contributed by atoms with Gasteiger partial charge in [0.1, 0.15) is 11.9 Å². The Kier molecular flexibility index (Phi) is 3.63. The second-order valence-electron chi connectivity index (χ2n) is 3.87. The van der Waals surface area contributed by atoms with Gasteiger partial charge in [-0.1, -0.05) is 15.9 Å². The van der Waals surface area contributed by atoms with Gasteiger partial charge in [-0.15, -0.1) is 0 Å². The molecule has 1 heterocycles. The van der Waals surface area contributed by atoms with Gasteiger partial charge in [0.15, 0.2) is 0 Å². The molecule has 0 amide bonds. The van der Waals surface area contributed by atoms with Crippen molar-refractivity contribution >= 4 is 15.9 Å². The summed E-state index contributed by atoms with van der Waals surface area (Å²) in [5.41, 5.74) is -0.729. The molecule has 2 nitrogen and oxygen atoms in total. The maximum absolute atomic E-state index is 12.7. The second kappa shape index (κ2) is 4.86. The maximum atomic E-state index is 12.7. The van der Waals surface area contributed by atoms with E-state index in [1.807, 2.05) is 0 Å². The normalized spacial score (nSPS) is 20.6. The maximum Gasteiger partial charge on any atom is 0.419 e. The fourth-order valence-corrected chi connectivity index (χ4v) is 2.08. The lowest BCUT2D eigenvalue weighted by atomic mass is 10.2. The quantitative estimate of drug-likeness (QED) is 0.906. The summed E-state index contributed by atoms with van der Waals surface area (Å²) in [7, 11) is 0. The van der Waals surface area contributed by atoms with Crippen molar-refractivity contribution in [1.82, 2.24) is 5.32 Å². The van der Waals surface area contributed by atoms with E-state index in [-0.39, 0.29) is 11.9 Å². The highest BCUT2D eigenvalue weighted by molar-refractivity contribution is 9.10. The molecule has 1 aliphatic heterocycles. The molecule has 0 aromatic heterocycles. The van der Waals surface area contributed by atoms with Crippen molar-refractivity contribution in [2.45, 2.75) is 18.7 Å². The van der Waals surface area contributed by atoms with Crippen LogP contribution in [0.1, 0.15) is 12.0 Å². The topological polar surface area (TPSA) is 21.3 Å². The van der Waals surface area contributed by atoms with E-state index in [1.54, 1.807) is 0 Å². The number of rotatable bonds is 2. The molecule has 0 saturated carbocycles. The van der Waals surface area contributed by atoms with Crippen molar-refractivity contribution in [2.75, 3.05) is 13.1 Å². The van der Waals surface area contributed by atoms with Crippen LogP contribution in [0.15, 0.2) is 22.7 Å². The minimum absolute atomic E-state index is 0.111. The Balaban J connectivity index is 2.26. The predicted molar refractivity (Wildman–Crippen MR) is 61.0 cm³/mol. The van der Waals surface area contributed by atoms with Gasteiger partial charge in [-0.2, -0.15) is 13.2 Å². The lowest BCUT2D eigenvalue weighted by Crippen LogP contribution is -2.21. The van der Waals surface area contributed by atoms with Crippen LogP contribution in [0.4, 0.5) is 13.2 Å². The van der Waals surface area contributed by atoms with E-state index in [9.17, 15) is 13.2 Å². The van der Waals surface area contributed by atoms with E-state index in [0.717, 1.165) is 19.0 Å². The van der Waals surface area contributed by atoms with Gasteiger partial charge in [-0.25, -0.2) is 0 Å². The summed E-state index contributed by atoms with van der Waals surface area (Å²) >= 11 is 3.15. The Labute approximate surface area is 105 Å². The zero-order chi connectivity index (χ0) is 12.5. The summed E-state index contributed by atoms with van der Waals surface area (Å²) < 4.78 is 44.2. The predicted octanol–water partition coefficient (Wildman–Crippen LogP) is 3.21. The van der Waals surface area contributed by atoms with Gasteiger partial charge in [0.25, 0.3) is 0 Å². The number of ether oxygens (including phenoxy) is 1. The largest absolute Gasteiger partial charge is 0.488 e. The molecule has 1 aromatic carbocycles. The zero-order valence-corrected chi connectivity index (χ0v) is 10.4. The number of hydrogen-bond acceptors (Lipinski definition) is 2. The number of benzene rings is 1. The van der Waals surface area contributed by atoms with E-state index in [2.05, 4.69) is 21.2 Å². The van der Waals surface area contributed by atoms with E-state index in [4.69, 9.17) is 4.74 Å². The Morgan fingerprint density at radius 1 is 1.35 bits per heavy atom. The van der Waals surface area contributed by atoms with Crippen molar-refractivity contribution < 1.29 is 17.9 Å². The van der Waals surface area contributed by atoms with E-state index < -0.39 is 11.7 Å². The third kappa shape index (κ3) is 3.13. The summed E-state index contributed by atoms with van der Waals surface area (Å²) in [6.45, 7) is 1.36. The minimum atomic E-state index is -4.39. The van der Waals surface area contributed by atoms with Gasteiger partial charge in [-0.3, -0.25) is 0 Å². The van der Waals surface area contributed by atoms with Gasteiger partial charge in [0.2, 0.25) is 0 Å². The SMILES string of the molecule is FC(F)(F)c1ccc(Br)cc1OC1CCNC1. The van der Waals surface area contributed by atoms with Gasteiger partial charge in [0, 0.05) is 11.0 Å². The van der Waals surface area contributed by atoms with Crippen LogP contribution in [0.5, 0.6) is 5.75 Å². The fourth-order valence-electron chi connectivity index (χ4n) is 1.74. The molecular weight excluding hydrogens is 299 g/mol. The third-order valence-electron chi connectivity index (χ3n) is 2.56. The molecule has 94 valence electrons. The first kappa shape index (κ1) is 12.7. The fraction of sp³-hybridized carbons (Fsp3) is 0.455. The molecule has 0 radical (unpaired) electrons. The van der Waals surface area contributed by atoms with Crippen LogP contribution in [0.25, 0.3) is 0 Å². The minimum Gasteiger partial charge on any atom is -0.488 e. The van der Waals surface area contributed by atoms with Crippen LogP contribution in [-0.2, 0) is 6.18 Å². The number of alkyl halides is 3. The average Bonchev–Trinajstić information content (AvgIpc) is 2.68. The number of halogens is 4. The number of hydrogen-bond donors (Lipinski definition) is 1. The lowest BCUT2D eigenvalue weighted by Gasteiger charge is -2.17. The molecule has 0 aliphatic carbocycles. The van der Waals surface area contributed by atoms with Crippen LogP contribution in [0.2, 0.25) is 0 Å². The molecule has 1 unspecified atom stereocenters.